The third kappa shape index (κ3) is 4.17. The van der Waals surface area contributed by atoms with Gasteiger partial charge in [-0.15, -0.1) is 0 Å². The topological polar surface area (TPSA) is 76.1 Å². The number of rotatable bonds is 6. The molecular formula is C15H18N4O2. The molecular weight excluding hydrogens is 268 g/mol. The fraction of sp³-hybridized carbons (Fsp3) is 0.267. The maximum Gasteiger partial charge on any atom is 0.251 e. The number of hydrogen-bond acceptors (Lipinski definition) is 5. The Balaban J connectivity index is 1.92. The Hall–Kier alpha value is -2.63. The Bertz CT molecular complexity index is 616. The molecule has 0 radical (unpaired) electrons. The van der Waals surface area contributed by atoms with Crippen LogP contribution in [0.25, 0.3) is 0 Å². The molecule has 0 saturated carbocycles. The highest BCUT2D eigenvalue weighted by Gasteiger charge is 2.04. The minimum atomic E-state index is -0.0825. The maximum atomic E-state index is 11.6. The van der Waals surface area contributed by atoms with Crippen LogP contribution in [0.4, 0.5) is 5.95 Å². The van der Waals surface area contributed by atoms with Crippen molar-refractivity contribution < 1.29 is 9.53 Å². The van der Waals surface area contributed by atoms with Crippen molar-refractivity contribution in [2.75, 3.05) is 26.0 Å². The molecule has 0 aliphatic carbocycles. The average Bonchev–Trinajstić information content (AvgIpc) is 2.54. The highest BCUT2D eigenvalue weighted by Crippen LogP contribution is 2.09. The van der Waals surface area contributed by atoms with Gasteiger partial charge in [0.2, 0.25) is 11.8 Å². The van der Waals surface area contributed by atoms with E-state index in [1.54, 1.807) is 32.5 Å². The number of aromatic nitrogens is 2. The molecule has 0 fully saturated rings. The lowest BCUT2D eigenvalue weighted by atomic mass is 10.1. The smallest absolute Gasteiger partial charge is 0.251 e. The van der Waals surface area contributed by atoms with Crippen LogP contribution in [0.2, 0.25) is 0 Å². The first kappa shape index (κ1) is 14.8. The maximum absolute atomic E-state index is 11.6. The number of carbonyl (C=O) groups is 1. The molecule has 2 rings (SSSR count). The Morgan fingerprint density at radius 3 is 2.95 bits per heavy atom. The van der Waals surface area contributed by atoms with Gasteiger partial charge in [-0.25, -0.2) is 4.98 Å². The summed E-state index contributed by atoms with van der Waals surface area (Å²) in [6.07, 6.45) is 2.41. The van der Waals surface area contributed by atoms with E-state index in [0.29, 0.717) is 23.9 Å². The lowest BCUT2D eigenvalue weighted by Gasteiger charge is -2.07. The fourth-order valence-corrected chi connectivity index (χ4v) is 1.87. The summed E-state index contributed by atoms with van der Waals surface area (Å²) in [5.41, 5.74) is 1.74. The summed E-state index contributed by atoms with van der Waals surface area (Å²) in [6, 6.07) is 9.23. The van der Waals surface area contributed by atoms with E-state index in [-0.39, 0.29) is 5.91 Å². The number of hydrogen-bond donors (Lipinski definition) is 2. The van der Waals surface area contributed by atoms with E-state index in [1.807, 2.05) is 18.2 Å². The third-order valence-electron chi connectivity index (χ3n) is 2.95. The van der Waals surface area contributed by atoms with Crippen LogP contribution in [-0.2, 0) is 6.42 Å². The van der Waals surface area contributed by atoms with Crippen molar-refractivity contribution in [2.45, 2.75) is 6.42 Å². The SMILES string of the molecule is CNC(=O)c1cccc(CCNc2nccc(OC)n2)c1. The Labute approximate surface area is 123 Å². The second-order valence-electron chi connectivity index (χ2n) is 4.38. The van der Waals surface area contributed by atoms with Crippen LogP contribution in [0.5, 0.6) is 5.88 Å². The van der Waals surface area contributed by atoms with Crippen LogP contribution >= 0.6 is 0 Å². The van der Waals surface area contributed by atoms with Crippen molar-refractivity contribution in [1.82, 2.24) is 15.3 Å². The summed E-state index contributed by atoms with van der Waals surface area (Å²) in [7, 11) is 3.19. The summed E-state index contributed by atoms with van der Waals surface area (Å²) in [5, 5.41) is 5.74. The summed E-state index contributed by atoms with van der Waals surface area (Å²) in [5.74, 6) is 0.965. The fourth-order valence-electron chi connectivity index (χ4n) is 1.87. The van der Waals surface area contributed by atoms with Gasteiger partial charge in [0.1, 0.15) is 0 Å². The van der Waals surface area contributed by atoms with E-state index in [0.717, 1.165) is 12.0 Å². The molecule has 0 spiro atoms. The van der Waals surface area contributed by atoms with Crippen LogP contribution in [0.15, 0.2) is 36.5 Å². The van der Waals surface area contributed by atoms with Gasteiger partial charge in [-0.1, -0.05) is 12.1 Å². The van der Waals surface area contributed by atoms with Gasteiger partial charge in [-0.3, -0.25) is 4.79 Å². The van der Waals surface area contributed by atoms with E-state index in [2.05, 4.69) is 20.6 Å². The molecule has 1 aromatic heterocycles. The molecule has 110 valence electrons. The van der Waals surface area contributed by atoms with Gasteiger partial charge >= 0.3 is 0 Å². The van der Waals surface area contributed by atoms with Crippen molar-refractivity contribution in [3.63, 3.8) is 0 Å². The van der Waals surface area contributed by atoms with E-state index >= 15 is 0 Å². The van der Waals surface area contributed by atoms with Gasteiger partial charge in [0.15, 0.2) is 0 Å². The van der Waals surface area contributed by atoms with Crippen molar-refractivity contribution in [1.29, 1.82) is 0 Å². The molecule has 1 amide bonds. The molecule has 6 nitrogen and oxygen atoms in total. The lowest BCUT2D eigenvalue weighted by Crippen LogP contribution is -2.18. The van der Waals surface area contributed by atoms with Crippen LogP contribution in [0.1, 0.15) is 15.9 Å². The minimum Gasteiger partial charge on any atom is -0.481 e. The molecule has 0 unspecified atom stereocenters. The number of anilines is 1. The number of amides is 1. The first-order valence-corrected chi connectivity index (χ1v) is 6.65. The zero-order valence-electron chi connectivity index (χ0n) is 12.1. The third-order valence-corrected chi connectivity index (χ3v) is 2.95. The van der Waals surface area contributed by atoms with E-state index in [9.17, 15) is 4.79 Å². The second kappa shape index (κ2) is 7.23. The van der Waals surface area contributed by atoms with E-state index in [4.69, 9.17) is 4.74 Å². The minimum absolute atomic E-state index is 0.0825. The number of carbonyl (C=O) groups excluding carboxylic acids is 1. The molecule has 0 atom stereocenters. The van der Waals surface area contributed by atoms with Gasteiger partial charge < -0.3 is 15.4 Å². The predicted molar refractivity (Wildman–Crippen MR) is 80.6 cm³/mol. The Morgan fingerprint density at radius 2 is 2.19 bits per heavy atom. The second-order valence-corrected chi connectivity index (χ2v) is 4.38. The predicted octanol–water partition coefficient (Wildman–Crippen LogP) is 1.50. The van der Waals surface area contributed by atoms with Gasteiger partial charge in [-0.2, -0.15) is 4.98 Å². The molecule has 1 aromatic carbocycles. The van der Waals surface area contributed by atoms with Gasteiger partial charge in [0, 0.05) is 31.4 Å². The molecule has 2 aromatic rings. The van der Waals surface area contributed by atoms with Crippen molar-refractivity contribution in [3.05, 3.63) is 47.7 Å². The molecule has 0 bridgehead atoms. The monoisotopic (exact) mass is 286 g/mol. The quantitative estimate of drug-likeness (QED) is 0.841. The lowest BCUT2D eigenvalue weighted by molar-refractivity contribution is 0.0963. The van der Waals surface area contributed by atoms with Crippen LogP contribution in [0, 0.1) is 0 Å². The number of benzene rings is 1. The van der Waals surface area contributed by atoms with Crippen LogP contribution in [0.3, 0.4) is 0 Å². The summed E-state index contributed by atoms with van der Waals surface area (Å²) >= 11 is 0. The van der Waals surface area contributed by atoms with Crippen LogP contribution in [-0.4, -0.2) is 36.6 Å². The highest BCUT2D eigenvalue weighted by atomic mass is 16.5. The molecule has 0 saturated heterocycles. The van der Waals surface area contributed by atoms with Gasteiger partial charge in [0.05, 0.1) is 7.11 Å². The van der Waals surface area contributed by atoms with E-state index < -0.39 is 0 Å². The van der Waals surface area contributed by atoms with Gasteiger partial charge in [0.25, 0.3) is 5.91 Å². The highest BCUT2D eigenvalue weighted by molar-refractivity contribution is 5.94. The summed E-state index contributed by atoms with van der Waals surface area (Å²) in [6.45, 7) is 0.671. The first-order chi connectivity index (χ1) is 10.2. The van der Waals surface area contributed by atoms with Crippen molar-refractivity contribution in [2.24, 2.45) is 0 Å². The van der Waals surface area contributed by atoms with Crippen LogP contribution < -0.4 is 15.4 Å². The molecule has 2 N–H and O–H groups in total. The summed E-state index contributed by atoms with van der Waals surface area (Å²) < 4.78 is 5.04. The molecule has 21 heavy (non-hydrogen) atoms. The average molecular weight is 286 g/mol. The number of methoxy groups -OCH3 is 1. The summed E-state index contributed by atoms with van der Waals surface area (Å²) in [4.78, 5) is 19.9. The first-order valence-electron chi connectivity index (χ1n) is 6.65. The molecule has 0 aliphatic rings. The van der Waals surface area contributed by atoms with E-state index in [1.165, 1.54) is 0 Å². The van der Waals surface area contributed by atoms with Gasteiger partial charge in [-0.05, 0) is 24.1 Å². The molecule has 1 heterocycles. The Morgan fingerprint density at radius 1 is 1.33 bits per heavy atom. The number of nitrogens with zero attached hydrogens (tertiary/aromatic N) is 2. The van der Waals surface area contributed by atoms with Crippen molar-refractivity contribution in [3.8, 4) is 5.88 Å². The largest absolute Gasteiger partial charge is 0.481 e. The zero-order chi connectivity index (χ0) is 15.1. The molecule has 0 aliphatic heterocycles. The molecule has 6 heteroatoms. The standard InChI is InChI=1S/C15H18N4O2/c1-16-14(20)12-5-3-4-11(10-12)6-8-17-15-18-9-7-13(19-15)21-2/h3-5,7,9-10H,6,8H2,1-2H3,(H,16,20)(H,17,18,19). The number of ether oxygens (including phenoxy) is 1. The van der Waals surface area contributed by atoms with Crippen molar-refractivity contribution >= 4 is 11.9 Å². The number of nitrogens with one attached hydrogen (secondary N) is 2. The zero-order valence-corrected chi connectivity index (χ0v) is 12.1. The Kier molecular flexibility index (Phi) is 5.09. The normalized spacial score (nSPS) is 10.0.